The minimum Gasteiger partial charge on any atom is -0.459 e. The first kappa shape index (κ1) is 23.9. The molecule has 5 aromatic rings. The second kappa shape index (κ2) is 9.46. The summed E-state index contributed by atoms with van der Waals surface area (Å²) < 4.78 is 51.8. The molecule has 3 aromatic carbocycles. The average Bonchev–Trinajstić information content (AvgIpc) is 3.64. The van der Waals surface area contributed by atoms with E-state index in [-0.39, 0.29) is 33.4 Å². The predicted octanol–water partition coefficient (Wildman–Crippen LogP) is 5.02. The molecular formula is C28H22FN3O5S. The lowest BCUT2D eigenvalue weighted by molar-refractivity contribution is 0.0747. The van der Waals surface area contributed by atoms with E-state index in [1.807, 2.05) is 42.5 Å². The van der Waals surface area contributed by atoms with Crippen LogP contribution in [0.2, 0.25) is 0 Å². The fourth-order valence-electron chi connectivity index (χ4n) is 4.60. The highest BCUT2D eigenvalue weighted by Crippen LogP contribution is 2.35. The third kappa shape index (κ3) is 4.22. The van der Waals surface area contributed by atoms with Gasteiger partial charge in [0.15, 0.2) is 5.76 Å². The summed E-state index contributed by atoms with van der Waals surface area (Å²) in [7, 11) is -4.14. The summed E-state index contributed by atoms with van der Waals surface area (Å²) in [6, 6.07) is 21.2. The number of rotatable bonds is 5. The molecule has 1 amide bonds. The number of benzene rings is 3. The van der Waals surface area contributed by atoms with Gasteiger partial charge in [-0.05, 0) is 53.2 Å². The number of carbonyl (C=O) groups is 1. The van der Waals surface area contributed by atoms with Gasteiger partial charge in [0.05, 0.1) is 11.2 Å². The van der Waals surface area contributed by atoms with Crippen LogP contribution in [0.15, 0.2) is 104 Å². The molecule has 2 aromatic heterocycles. The first-order chi connectivity index (χ1) is 18.4. The first-order valence-corrected chi connectivity index (χ1v) is 13.5. The van der Waals surface area contributed by atoms with Gasteiger partial charge in [0, 0.05) is 31.7 Å². The summed E-state index contributed by atoms with van der Waals surface area (Å²) >= 11 is 0. The molecule has 0 bridgehead atoms. The van der Waals surface area contributed by atoms with Gasteiger partial charge in [0.2, 0.25) is 20.7 Å². The Kier molecular flexibility index (Phi) is 5.96. The van der Waals surface area contributed by atoms with Crippen LogP contribution < -0.4 is 4.90 Å². The van der Waals surface area contributed by atoms with Crippen molar-refractivity contribution in [1.29, 1.82) is 0 Å². The molecule has 0 atom stereocenters. The fraction of sp³-hybridized carbons (Fsp3) is 0.143. The highest BCUT2D eigenvalue weighted by Gasteiger charge is 2.34. The minimum absolute atomic E-state index is 0.0138. The molecule has 0 radical (unpaired) electrons. The van der Waals surface area contributed by atoms with E-state index in [2.05, 4.69) is 4.98 Å². The maximum Gasteiger partial charge on any atom is 0.266 e. The number of furan rings is 1. The highest BCUT2D eigenvalue weighted by molar-refractivity contribution is 7.91. The zero-order valence-electron chi connectivity index (χ0n) is 20.1. The van der Waals surface area contributed by atoms with Crippen LogP contribution in [0.3, 0.4) is 0 Å². The average molecular weight is 532 g/mol. The van der Waals surface area contributed by atoms with Gasteiger partial charge in [-0.25, -0.2) is 12.8 Å². The summed E-state index contributed by atoms with van der Waals surface area (Å²) in [6.07, 6.45) is 1.44. The van der Waals surface area contributed by atoms with Crippen LogP contribution in [0.4, 0.5) is 10.3 Å². The first-order valence-electron chi connectivity index (χ1n) is 12.0. The standard InChI is InChI=1S/C28H22FN3O5S/c29-20-10-12-21(13-11-20)38(34,35)26-28(37-25(30-26)24-9-4-18-36-24)32-16-14-31(15-17-32)27(33)23-8-3-6-19-5-1-2-7-22(19)23/h1-13,18H,14-17H2. The smallest absolute Gasteiger partial charge is 0.266 e. The van der Waals surface area contributed by atoms with Crippen LogP contribution in [0, 0.1) is 5.82 Å². The van der Waals surface area contributed by atoms with Crippen molar-refractivity contribution in [1.82, 2.24) is 9.88 Å². The molecule has 38 heavy (non-hydrogen) atoms. The van der Waals surface area contributed by atoms with Gasteiger partial charge < -0.3 is 18.6 Å². The van der Waals surface area contributed by atoms with Crippen molar-refractivity contribution in [3.63, 3.8) is 0 Å². The topological polar surface area (TPSA) is 96.9 Å². The number of oxazole rings is 1. The van der Waals surface area contributed by atoms with Gasteiger partial charge in [0.25, 0.3) is 11.8 Å². The molecule has 8 nitrogen and oxygen atoms in total. The van der Waals surface area contributed by atoms with Crippen molar-refractivity contribution in [2.24, 2.45) is 0 Å². The zero-order valence-corrected chi connectivity index (χ0v) is 20.9. The van der Waals surface area contributed by atoms with Crippen molar-refractivity contribution < 1.29 is 26.4 Å². The van der Waals surface area contributed by atoms with Crippen molar-refractivity contribution in [3.05, 3.63) is 96.5 Å². The van der Waals surface area contributed by atoms with Crippen LogP contribution in [0.1, 0.15) is 10.4 Å². The van der Waals surface area contributed by atoms with Gasteiger partial charge in [-0.2, -0.15) is 4.98 Å². The van der Waals surface area contributed by atoms with Crippen molar-refractivity contribution in [2.45, 2.75) is 9.92 Å². The van der Waals surface area contributed by atoms with Crippen molar-refractivity contribution in [2.75, 3.05) is 31.1 Å². The molecule has 1 aliphatic rings. The molecule has 1 saturated heterocycles. The largest absolute Gasteiger partial charge is 0.459 e. The molecule has 0 unspecified atom stereocenters. The number of hydrogen-bond acceptors (Lipinski definition) is 7. The van der Waals surface area contributed by atoms with E-state index >= 15 is 0 Å². The number of piperazine rings is 1. The Bertz CT molecular complexity index is 1720. The third-order valence-electron chi connectivity index (χ3n) is 6.56. The monoisotopic (exact) mass is 531 g/mol. The highest BCUT2D eigenvalue weighted by atomic mass is 32.2. The second-order valence-electron chi connectivity index (χ2n) is 8.87. The van der Waals surface area contributed by atoms with Crippen LogP contribution >= 0.6 is 0 Å². The molecule has 10 heteroatoms. The normalized spacial score (nSPS) is 14.2. The Balaban J connectivity index is 1.30. The Labute approximate surface area is 217 Å². The molecule has 0 saturated carbocycles. The SMILES string of the molecule is O=C(c1cccc2ccccc12)N1CCN(c2oc(-c3ccco3)nc2S(=O)(=O)c2ccc(F)cc2)CC1. The van der Waals surface area contributed by atoms with Gasteiger partial charge in [-0.15, -0.1) is 0 Å². The molecule has 192 valence electrons. The summed E-state index contributed by atoms with van der Waals surface area (Å²) in [6.45, 7) is 1.37. The molecule has 6 rings (SSSR count). The van der Waals surface area contributed by atoms with E-state index in [0.29, 0.717) is 31.7 Å². The zero-order chi connectivity index (χ0) is 26.3. The van der Waals surface area contributed by atoms with E-state index in [4.69, 9.17) is 8.83 Å². The van der Waals surface area contributed by atoms with Crippen LogP contribution in [0.25, 0.3) is 22.4 Å². The van der Waals surface area contributed by atoms with Crippen LogP contribution in [0.5, 0.6) is 0 Å². The maximum absolute atomic E-state index is 13.5. The number of amides is 1. The predicted molar refractivity (Wildman–Crippen MR) is 138 cm³/mol. The summed E-state index contributed by atoms with van der Waals surface area (Å²) in [4.78, 5) is 21.0. The number of halogens is 1. The number of hydrogen-bond donors (Lipinski definition) is 0. The molecule has 0 spiro atoms. The second-order valence-corrected chi connectivity index (χ2v) is 10.7. The van der Waals surface area contributed by atoms with Gasteiger partial charge in [-0.3, -0.25) is 4.79 Å². The van der Waals surface area contributed by atoms with E-state index in [9.17, 15) is 17.6 Å². The van der Waals surface area contributed by atoms with Gasteiger partial charge in [0.1, 0.15) is 5.82 Å². The van der Waals surface area contributed by atoms with E-state index < -0.39 is 15.7 Å². The lowest BCUT2D eigenvalue weighted by Gasteiger charge is -2.35. The minimum atomic E-state index is -4.14. The van der Waals surface area contributed by atoms with Gasteiger partial charge >= 0.3 is 0 Å². The van der Waals surface area contributed by atoms with Gasteiger partial charge in [-0.1, -0.05) is 36.4 Å². The Hall–Kier alpha value is -4.44. The number of fused-ring (bicyclic) bond motifs is 1. The third-order valence-corrected chi connectivity index (χ3v) is 8.23. The van der Waals surface area contributed by atoms with E-state index in [0.717, 1.165) is 22.9 Å². The number of nitrogens with zero attached hydrogens (tertiary/aromatic N) is 3. The molecule has 3 heterocycles. The van der Waals surface area contributed by atoms with Crippen LogP contribution in [-0.2, 0) is 9.84 Å². The summed E-state index contributed by atoms with van der Waals surface area (Å²) in [5.74, 6) is -0.295. The summed E-state index contributed by atoms with van der Waals surface area (Å²) in [5.41, 5.74) is 0.621. The number of sulfone groups is 1. The van der Waals surface area contributed by atoms with Crippen molar-refractivity contribution in [3.8, 4) is 11.7 Å². The lowest BCUT2D eigenvalue weighted by Crippen LogP contribution is -2.49. The Morgan fingerprint density at radius 2 is 1.61 bits per heavy atom. The molecule has 0 aliphatic carbocycles. The summed E-state index contributed by atoms with van der Waals surface area (Å²) in [5, 5.41) is 1.58. The Morgan fingerprint density at radius 1 is 0.868 bits per heavy atom. The molecule has 1 fully saturated rings. The maximum atomic E-state index is 13.5. The Morgan fingerprint density at radius 3 is 2.34 bits per heavy atom. The van der Waals surface area contributed by atoms with E-state index in [1.54, 1.807) is 21.9 Å². The fourth-order valence-corrected chi connectivity index (χ4v) is 5.92. The molecule has 1 aliphatic heterocycles. The number of carbonyl (C=O) groups excluding carboxylic acids is 1. The van der Waals surface area contributed by atoms with Crippen LogP contribution in [-0.4, -0.2) is 50.4 Å². The molecular weight excluding hydrogens is 509 g/mol. The van der Waals surface area contributed by atoms with E-state index in [1.165, 1.54) is 18.4 Å². The molecule has 0 N–H and O–H groups in total. The quantitative estimate of drug-likeness (QED) is 0.294. The van der Waals surface area contributed by atoms with Crippen molar-refractivity contribution >= 4 is 32.4 Å². The lowest BCUT2D eigenvalue weighted by atomic mass is 10.0. The number of aromatic nitrogens is 1. The number of anilines is 1.